The van der Waals surface area contributed by atoms with Crippen LogP contribution in [0.2, 0.25) is 0 Å². The molecule has 2 heterocycles. The van der Waals surface area contributed by atoms with Crippen LogP contribution in [0.3, 0.4) is 0 Å². The molecule has 9 heteroatoms. The third-order valence-corrected chi connectivity index (χ3v) is 5.11. The second-order valence-corrected chi connectivity index (χ2v) is 8.11. The van der Waals surface area contributed by atoms with E-state index in [1.54, 1.807) is 6.07 Å². The summed E-state index contributed by atoms with van der Waals surface area (Å²) in [5, 5.41) is 12.3. The summed E-state index contributed by atoms with van der Waals surface area (Å²) in [7, 11) is 0. The standard InChI is InChI=1S/C19H27F3N6/c1-5-16(17-23-24-25-28(17)18(2,3)4)27-11-9-26(10-12-27)15-8-6-7-14(13-15)19(20,21)22/h6-8,13,16H,5,9-12H2,1-4H3. The number of aromatic nitrogens is 4. The molecule has 1 fully saturated rings. The fraction of sp³-hybridized carbons (Fsp3) is 0.632. The molecule has 1 aliphatic heterocycles. The van der Waals surface area contributed by atoms with Crippen LogP contribution in [-0.2, 0) is 11.7 Å². The van der Waals surface area contributed by atoms with Crippen LogP contribution in [0.15, 0.2) is 24.3 Å². The highest BCUT2D eigenvalue weighted by atomic mass is 19.4. The summed E-state index contributed by atoms with van der Waals surface area (Å²) >= 11 is 0. The van der Waals surface area contributed by atoms with E-state index in [0.717, 1.165) is 31.4 Å². The lowest BCUT2D eigenvalue weighted by molar-refractivity contribution is -0.137. The Labute approximate surface area is 163 Å². The van der Waals surface area contributed by atoms with Gasteiger partial charge in [0.1, 0.15) is 0 Å². The van der Waals surface area contributed by atoms with Crippen molar-refractivity contribution >= 4 is 5.69 Å². The topological polar surface area (TPSA) is 50.1 Å². The molecule has 0 aliphatic carbocycles. The van der Waals surface area contributed by atoms with Crippen LogP contribution in [0.5, 0.6) is 0 Å². The average molecular weight is 396 g/mol. The molecule has 0 bridgehead atoms. The molecule has 0 radical (unpaired) electrons. The molecule has 1 aromatic heterocycles. The van der Waals surface area contributed by atoms with Gasteiger partial charge in [-0.05, 0) is 55.8 Å². The van der Waals surface area contributed by atoms with Gasteiger partial charge in [0.2, 0.25) is 0 Å². The lowest BCUT2D eigenvalue weighted by Gasteiger charge is -2.40. The molecule has 6 nitrogen and oxygen atoms in total. The number of benzene rings is 1. The van der Waals surface area contributed by atoms with Crippen LogP contribution in [0.25, 0.3) is 0 Å². The molecule has 0 spiro atoms. The van der Waals surface area contributed by atoms with Gasteiger partial charge in [0, 0.05) is 31.9 Å². The van der Waals surface area contributed by atoms with Crippen molar-refractivity contribution in [3.05, 3.63) is 35.7 Å². The molecule has 1 aliphatic rings. The fourth-order valence-electron chi connectivity index (χ4n) is 3.65. The van der Waals surface area contributed by atoms with E-state index in [-0.39, 0.29) is 11.6 Å². The van der Waals surface area contributed by atoms with Crippen molar-refractivity contribution in [3.8, 4) is 0 Å². The minimum Gasteiger partial charge on any atom is -0.369 e. The molecule has 1 aromatic carbocycles. The fourth-order valence-corrected chi connectivity index (χ4v) is 3.65. The van der Waals surface area contributed by atoms with Gasteiger partial charge < -0.3 is 4.90 Å². The minimum atomic E-state index is -4.32. The molecule has 3 rings (SSSR count). The van der Waals surface area contributed by atoms with Crippen molar-refractivity contribution in [1.82, 2.24) is 25.1 Å². The van der Waals surface area contributed by atoms with Crippen LogP contribution >= 0.6 is 0 Å². The van der Waals surface area contributed by atoms with Crippen molar-refractivity contribution in [2.75, 3.05) is 31.1 Å². The van der Waals surface area contributed by atoms with Crippen molar-refractivity contribution in [2.24, 2.45) is 0 Å². The number of rotatable bonds is 4. The van der Waals surface area contributed by atoms with Crippen molar-refractivity contribution in [1.29, 1.82) is 0 Å². The Morgan fingerprint density at radius 2 is 1.75 bits per heavy atom. The molecule has 28 heavy (non-hydrogen) atoms. The monoisotopic (exact) mass is 396 g/mol. The van der Waals surface area contributed by atoms with Crippen molar-refractivity contribution < 1.29 is 13.2 Å². The van der Waals surface area contributed by atoms with Gasteiger partial charge in [0.05, 0.1) is 17.1 Å². The molecule has 1 saturated heterocycles. The Kier molecular flexibility index (Phi) is 5.65. The van der Waals surface area contributed by atoms with Gasteiger partial charge in [-0.3, -0.25) is 4.90 Å². The van der Waals surface area contributed by atoms with Crippen LogP contribution in [0, 0.1) is 0 Å². The van der Waals surface area contributed by atoms with Crippen LogP contribution < -0.4 is 4.90 Å². The number of nitrogens with zero attached hydrogens (tertiary/aromatic N) is 6. The number of piperazine rings is 1. The third-order valence-electron chi connectivity index (χ3n) is 5.11. The number of hydrogen-bond donors (Lipinski definition) is 0. The van der Waals surface area contributed by atoms with E-state index in [0.29, 0.717) is 18.8 Å². The van der Waals surface area contributed by atoms with Crippen LogP contribution in [0.4, 0.5) is 18.9 Å². The van der Waals surface area contributed by atoms with Gasteiger partial charge in [-0.25, -0.2) is 4.68 Å². The quantitative estimate of drug-likeness (QED) is 0.788. The Morgan fingerprint density at radius 3 is 2.32 bits per heavy atom. The summed E-state index contributed by atoms with van der Waals surface area (Å²) in [4.78, 5) is 4.32. The number of tetrazole rings is 1. The van der Waals surface area contributed by atoms with Crippen LogP contribution in [0.1, 0.15) is 51.5 Å². The summed E-state index contributed by atoms with van der Waals surface area (Å²) in [6.07, 6.45) is -3.46. The summed E-state index contributed by atoms with van der Waals surface area (Å²) in [6.45, 7) is 11.1. The SMILES string of the molecule is CCC(c1nnnn1C(C)(C)C)N1CCN(c2cccc(C(F)(F)F)c2)CC1. The zero-order valence-electron chi connectivity index (χ0n) is 16.7. The highest BCUT2D eigenvalue weighted by molar-refractivity contribution is 5.49. The Balaban J connectivity index is 1.72. The second-order valence-electron chi connectivity index (χ2n) is 8.11. The van der Waals surface area contributed by atoms with E-state index < -0.39 is 11.7 Å². The first-order chi connectivity index (χ1) is 13.1. The minimum absolute atomic E-state index is 0.0814. The van der Waals surface area contributed by atoms with E-state index in [1.165, 1.54) is 12.1 Å². The maximum Gasteiger partial charge on any atom is 0.416 e. The lowest BCUT2D eigenvalue weighted by Crippen LogP contribution is -2.48. The molecule has 1 atom stereocenters. The lowest BCUT2D eigenvalue weighted by atomic mass is 10.1. The van der Waals surface area contributed by atoms with Crippen molar-refractivity contribution in [2.45, 2.75) is 51.9 Å². The van der Waals surface area contributed by atoms with Crippen molar-refractivity contribution in [3.63, 3.8) is 0 Å². The zero-order chi connectivity index (χ0) is 20.5. The largest absolute Gasteiger partial charge is 0.416 e. The number of alkyl halides is 3. The molecule has 0 saturated carbocycles. The van der Waals surface area contributed by atoms with E-state index in [2.05, 4.69) is 48.1 Å². The molecular formula is C19H27F3N6. The van der Waals surface area contributed by atoms with Gasteiger partial charge >= 0.3 is 6.18 Å². The number of hydrogen-bond acceptors (Lipinski definition) is 5. The van der Waals surface area contributed by atoms with E-state index >= 15 is 0 Å². The summed E-state index contributed by atoms with van der Waals surface area (Å²) in [5.41, 5.74) is -0.211. The number of anilines is 1. The zero-order valence-corrected chi connectivity index (χ0v) is 16.7. The van der Waals surface area contributed by atoms with E-state index in [1.807, 2.05) is 9.58 Å². The van der Waals surface area contributed by atoms with Gasteiger partial charge in [0.15, 0.2) is 5.82 Å². The summed E-state index contributed by atoms with van der Waals surface area (Å²) < 4.78 is 40.8. The highest BCUT2D eigenvalue weighted by Gasteiger charge is 2.33. The summed E-state index contributed by atoms with van der Waals surface area (Å²) in [6, 6.07) is 5.63. The predicted octanol–water partition coefficient (Wildman–Crippen LogP) is 3.72. The Morgan fingerprint density at radius 1 is 1.07 bits per heavy atom. The first-order valence-electron chi connectivity index (χ1n) is 9.56. The highest BCUT2D eigenvalue weighted by Crippen LogP contribution is 2.32. The smallest absolute Gasteiger partial charge is 0.369 e. The molecular weight excluding hydrogens is 369 g/mol. The normalized spacial score (nSPS) is 17.8. The van der Waals surface area contributed by atoms with Gasteiger partial charge in [-0.2, -0.15) is 13.2 Å². The van der Waals surface area contributed by atoms with Gasteiger partial charge in [-0.1, -0.05) is 13.0 Å². The predicted molar refractivity (Wildman–Crippen MR) is 101 cm³/mol. The molecule has 0 amide bonds. The third kappa shape index (κ3) is 4.29. The Bertz CT molecular complexity index is 787. The summed E-state index contributed by atoms with van der Waals surface area (Å²) in [5.74, 6) is 0.836. The molecule has 0 N–H and O–H groups in total. The maximum atomic E-state index is 13.0. The van der Waals surface area contributed by atoms with Crippen LogP contribution in [-0.4, -0.2) is 51.3 Å². The molecule has 1 unspecified atom stereocenters. The first-order valence-corrected chi connectivity index (χ1v) is 9.56. The number of halogens is 3. The van der Waals surface area contributed by atoms with E-state index in [9.17, 15) is 13.2 Å². The van der Waals surface area contributed by atoms with E-state index in [4.69, 9.17) is 0 Å². The second kappa shape index (κ2) is 7.69. The molecule has 2 aromatic rings. The molecule has 154 valence electrons. The average Bonchev–Trinajstić information content (AvgIpc) is 3.12. The van der Waals surface area contributed by atoms with Gasteiger partial charge in [-0.15, -0.1) is 5.10 Å². The van der Waals surface area contributed by atoms with Gasteiger partial charge in [0.25, 0.3) is 0 Å². The Hall–Kier alpha value is -2.16. The maximum absolute atomic E-state index is 13.0. The first kappa shape index (κ1) is 20.6.